The molecule has 0 radical (unpaired) electrons. The Morgan fingerprint density at radius 2 is 1.95 bits per heavy atom. The molecular weight excluding hydrogens is 579 g/mol. The van der Waals surface area contributed by atoms with Crippen molar-refractivity contribution in [1.82, 2.24) is 14.6 Å². The molecule has 4 aromatic rings. The van der Waals surface area contributed by atoms with Crippen LogP contribution in [-0.4, -0.2) is 20.5 Å². The van der Waals surface area contributed by atoms with Gasteiger partial charge < -0.3 is 5.32 Å². The maximum Gasteiger partial charge on any atom is 0.433 e. The van der Waals surface area contributed by atoms with Crippen LogP contribution in [0.3, 0.4) is 0 Å². The van der Waals surface area contributed by atoms with Crippen molar-refractivity contribution in [3.63, 3.8) is 0 Å². The minimum Gasteiger partial charge on any atom is -0.311 e. The van der Waals surface area contributed by atoms with Gasteiger partial charge in [0, 0.05) is 10.4 Å². The largest absolute Gasteiger partial charge is 0.433 e. The van der Waals surface area contributed by atoms with Crippen LogP contribution in [0.1, 0.15) is 59.4 Å². The van der Waals surface area contributed by atoms with Crippen LogP contribution in [0.25, 0.3) is 16.9 Å². The fourth-order valence-corrected chi connectivity index (χ4v) is 6.58. The van der Waals surface area contributed by atoms with Gasteiger partial charge in [0.1, 0.15) is 11.1 Å². The first-order valence-corrected chi connectivity index (χ1v) is 13.6. The van der Waals surface area contributed by atoms with Crippen LogP contribution in [0.2, 0.25) is 0 Å². The number of nitrogens with one attached hydrogen (secondary N) is 1. The normalized spacial score (nSPS) is 15.8. The van der Waals surface area contributed by atoms with E-state index >= 15 is 0 Å². The van der Waals surface area contributed by atoms with Crippen LogP contribution < -0.4 is 5.32 Å². The van der Waals surface area contributed by atoms with Gasteiger partial charge in [-0.2, -0.15) is 23.5 Å². The van der Waals surface area contributed by atoms with E-state index in [1.807, 2.05) is 0 Å². The quantitative estimate of drug-likeness (QED) is 0.263. The topological polar surface area (TPSA) is 83.1 Å². The van der Waals surface area contributed by atoms with E-state index in [9.17, 15) is 23.2 Å². The lowest BCUT2D eigenvalue weighted by molar-refractivity contribution is -0.142. The van der Waals surface area contributed by atoms with Gasteiger partial charge >= 0.3 is 6.18 Å². The number of hydrogen-bond acceptors (Lipinski definition) is 5. The van der Waals surface area contributed by atoms with Crippen LogP contribution in [0.15, 0.2) is 40.9 Å². The molecule has 6 nitrogen and oxygen atoms in total. The lowest BCUT2D eigenvalue weighted by Gasteiger charge is -2.33. The molecule has 11 heteroatoms. The van der Waals surface area contributed by atoms with E-state index in [-0.39, 0.29) is 26.9 Å². The molecule has 5 rings (SSSR count). The van der Waals surface area contributed by atoms with Gasteiger partial charge in [-0.1, -0.05) is 51.1 Å². The minimum absolute atomic E-state index is 0.0332. The number of amides is 1. The summed E-state index contributed by atoms with van der Waals surface area (Å²) in [7, 11) is 0. The molecule has 0 bridgehead atoms. The standard InChI is InChI=1S/C27H23BrF3N5OS/c1-26(2,3)15-9-10-16-17(13-32)25(38-19(16)11-15)34-24(37)22-21(28)23-33-18(14-7-5-4-6-8-14)12-20(27(29,30)31)36(23)35-22/h4-8,12,15H,9-11H2,1-3H3,(H,34,37). The SMILES string of the molecule is CC(C)(C)C1CCc2c(sc(NC(=O)c3nn4c(C(F)(F)F)cc(-c5ccccc5)nc4c3Br)c2C#N)C1. The van der Waals surface area contributed by atoms with Crippen molar-refractivity contribution in [2.75, 3.05) is 5.32 Å². The van der Waals surface area contributed by atoms with E-state index in [1.54, 1.807) is 30.3 Å². The number of nitriles is 1. The van der Waals surface area contributed by atoms with E-state index in [2.05, 4.69) is 58.2 Å². The highest BCUT2D eigenvalue weighted by molar-refractivity contribution is 9.10. The molecule has 196 valence electrons. The summed E-state index contributed by atoms with van der Waals surface area (Å²) < 4.78 is 42.7. The predicted octanol–water partition coefficient (Wildman–Crippen LogP) is 7.51. The predicted molar refractivity (Wildman–Crippen MR) is 143 cm³/mol. The second-order valence-electron chi connectivity index (χ2n) is 10.4. The lowest BCUT2D eigenvalue weighted by Crippen LogP contribution is -2.26. The van der Waals surface area contributed by atoms with Gasteiger partial charge in [-0.05, 0) is 58.2 Å². The molecule has 0 spiro atoms. The molecule has 0 fully saturated rings. The Hall–Kier alpha value is -3.23. The van der Waals surface area contributed by atoms with Crippen LogP contribution in [0.4, 0.5) is 18.2 Å². The fraction of sp³-hybridized carbons (Fsp3) is 0.333. The van der Waals surface area contributed by atoms with Gasteiger partial charge in [0.15, 0.2) is 17.0 Å². The van der Waals surface area contributed by atoms with E-state index < -0.39 is 17.8 Å². The number of aromatic nitrogens is 3. The van der Waals surface area contributed by atoms with Crippen molar-refractivity contribution >= 4 is 43.8 Å². The Morgan fingerprint density at radius 1 is 1.24 bits per heavy atom. The molecule has 3 heterocycles. The Kier molecular flexibility index (Phi) is 6.60. The van der Waals surface area contributed by atoms with Gasteiger partial charge in [0.2, 0.25) is 0 Å². The Bertz CT molecular complexity index is 1600. The summed E-state index contributed by atoms with van der Waals surface area (Å²) in [4.78, 5) is 18.7. The Labute approximate surface area is 229 Å². The van der Waals surface area contributed by atoms with Crippen LogP contribution in [0.5, 0.6) is 0 Å². The molecule has 0 saturated carbocycles. The third kappa shape index (κ3) is 4.71. The number of halogens is 4. The molecule has 1 amide bonds. The fourth-order valence-electron chi connectivity index (χ4n) is 4.79. The summed E-state index contributed by atoms with van der Waals surface area (Å²) in [5.41, 5.74) is 0.612. The van der Waals surface area contributed by atoms with E-state index in [0.29, 0.717) is 26.6 Å². The third-order valence-corrected chi connectivity index (χ3v) is 8.84. The minimum atomic E-state index is -4.74. The maximum atomic E-state index is 14.0. The lowest BCUT2D eigenvalue weighted by atomic mass is 9.72. The van der Waals surface area contributed by atoms with Crippen molar-refractivity contribution in [3.05, 3.63) is 68.3 Å². The number of fused-ring (bicyclic) bond motifs is 2. The molecular formula is C27H23BrF3N5OS. The molecule has 1 N–H and O–H groups in total. The van der Waals surface area contributed by atoms with Crippen molar-refractivity contribution in [3.8, 4) is 17.3 Å². The average molecular weight is 602 g/mol. The van der Waals surface area contributed by atoms with Gasteiger partial charge in [-0.15, -0.1) is 11.3 Å². The monoisotopic (exact) mass is 601 g/mol. The summed E-state index contributed by atoms with van der Waals surface area (Å²) in [6, 6.07) is 11.6. The van der Waals surface area contributed by atoms with Gasteiger partial charge in [0.05, 0.1) is 15.7 Å². The van der Waals surface area contributed by atoms with Crippen LogP contribution >= 0.6 is 27.3 Å². The zero-order chi connectivity index (χ0) is 27.4. The number of thiophene rings is 1. The summed E-state index contributed by atoms with van der Waals surface area (Å²) in [5.74, 6) is -0.277. The van der Waals surface area contributed by atoms with Crippen LogP contribution in [0, 0.1) is 22.7 Å². The molecule has 1 aliphatic carbocycles. The van der Waals surface area contributed by atoms with Gasteiger partial charge in [-0.25, -0.2) is 9.50 Å². The van der Waals surface area contributed by atoms with E-state index in [0.717, 1.165) is 35.8 Å². The molecule has 38 heavy (non-hydrogen) atoms. The summed E-state index contributed by atoms with van der Waals surface area (Å²) in [6.07, 6.45) is -2.24. The Morgan fingerprint density at radius 3 is 2.58 bits per heavy atom. The number of anilines is 1. The molecule has 3 aromatic heterocycles. The molecule has 1 atom stereocenters. The zero-order valence-electron chi connectivity index (χ0n) is 20.8. The summed E-state index contributed by atoms with van der Waals surface area (Å²) >= 11 is 4.61. The molecule has 0 aliphatic heterocycles. The van der Waals surface area contributed by atoms with Crippen molar-refractivity contribution in [1.29, 1.82) is 5.26 Å². The van der Waals surface area contributed by atoms with Crippen molar-refractivity contribution in [2.24, 2.45) is 11.3 Å². The number of hydrogen-bond donors (Lipinski definition) is 1. The molecule has 1 aliphatic rings. The first-order chi connectivity index (χ1) is 17.9. The third-order valence-electron chi connectivity index (χ3n) is 6.94. The summed E-state index contributed by atoms with van der Waals surface area (Å²) in [5, 5.41) is 17.0. The first-order valence-electron chi connectivity index (χ1n) is 12.0. The van der Waals surface area contributed by atoms with Crippen molar-refractivity contribution in [2.45, 2.75) is 46.2 Å². The molecule has 1 aromatic carbocycles. The zero-order valence-corrected chi connectivity index (χ0v) is 23.2. The second-order valence-corrected chi connectivity index (χ2v) is 12.3. The maximum absolute atomic E-state index is 14.0. The number of benzene rings is 1. The van der Waals surface area contributed by atoms with Gasteiger partial charge in [0.25, 0.3) is 5.91 Å². The number of carbonyl (C=O) groups excluding carboxylic acids is 1. The molecule has 0 saturated heterocycles. The average Bonchev–Trinajstić information content (AvgIpc) is 3.39. The number of rotatable bonds is 3. The van der Waals surface area contributed by atoms with Crippen LogP contribution in [-0.2, 0) is 19.0 Å². The highest BCUT2D eigenvalue weighted by atomic mass is 79.9. The van der Waals surface area contributed by atoms with E-state index in [4.69, 9.17) is 0 Å². The highest BCUT2D eigenvalue weighted by Gasteiger charge is 2.37. The second kappa shape index (κ2) is 9.50. The number of carbonyl (C=O) groups is 1. The van der Waals surface area contributed by atoms with E-state index in [1.165, 1.54) is 11.3 Å². The number of alkyl halides is 3. The molecule has 1 unspecified atom stereocenters. The highest BCUT2D eigenvalue weighted by Crippen LogP contribution is 2.44. The summed E-state index contributed by atoms with van der Waals surface area (Å²) in [6.45, 7) is 6.58. The smallest absolute Gasteiger partial charge is 0.311 e. The van der Waals surface area contributed by atoms with Crippen molar-refractivity contribution < 1.29 is 18.0 Å². The number of nitrogens with zero attached hydrogens (tertiary/aromatic N) is 4. The Balaban J connectivity index is 1.54. The first kappa shape index (κ1) is 26.4. The van der Waals surface area contributed by atoms with Gasteiger partial charge in [-0.3, -0.25) is 4.79 Å².